The molecule has 0 atom stereocenters. The van der Waals surface area contributed by atoms with E-state index in [1.165, 1.54) is 24.3 Å². The summed E-state index contributed by atoms with van der Waals surface area (Å²) in [6.07, 6.45) is 0. The lowest BCUT2D eigenvalue weighted by molar-refractivity contribution is 0.0696. The van der Waals surface area contributed by atoms with Crippen molar-refractivity contribution in [1.29, 1.82) is 0 Å². The van der Waals surface area contributed by atoms with E-state index in [9.17, 15) is 13.2 Å². The fourth-order valence-electron chi connectivity index (χ4n) is 1.66. The van der Waals surface area contributed by atoms with Gasteiger partial charge in [-0.15, -0.1) is 11.3 Å². The van der Waals surface area contributed by atoms with E-state index in [0.717, 1.165) is 4.88 Å². The Bertz CT molecular complexity index is 687. The number of thiophene rings is 1. The third-order valence-corrected chi connectivity index (χ3v) is 5.33. The van der Waals surface area contributed by atoms with Gasteiger partial charge in [-0.3, -0.25) is 0 Å². The number of carboxylic acid groups (broad SMARTS) is 1. The van der Waals surface area contributed by atoms with E-state index >= 15 is 0 Å². The van der Waals surface area contributed by atoms with Crippen LogP contribution < -0.4 is 0 Å². The SMILES string of the molecule is O=C(O)c1ccc(S(=O)(=O)CCOCc2cccs2)cc1. The van der Waals surface area contributed by atoms with E-state index in [0.29, 0.717) is 6.61 Å². The largest absolute Gasteiger partial charge is 0.478 e. The number of ether oxygens (including phenoxy) is 1. The quantitative estimate of drug-likeness (QED) is 0.790. The third-order valence-electron chi connectivity index (χ3n) is 2.78. The lowest BCUT2D eigenvalue weighted by Gasteiger charge is -2.05. The number of rotatable bonds is 7. The van der Waals surface area contributed by atoms with Gasteiger partial charge in [-0.05, 0) is 35.7 Å². The lowest BCUT2D eigenvalue weighted by Crippen LogP contribution is -2.12. The van der Waals surface area contributed by atoms with Gasteiger partial charge in [-0.1, -0.05) is 6.07 Å². The van der Waals surface area contributed by atoms with E-state index in [4.69, 9.17) is 9.84 Å². The highest BCUT2D eigenvalue weighted by Crippen LogP contribution is 2.14. The lowest BCUT2D eigenvalue weighted by atomic mass is 10.2. The molecule has 0 fully saturated rings. The fraction of sp³-hybridized carbons (Fsp3) is 0.214. The summed E-state index contributed by atoms with van der Waals surface area (Å²) >= 11 is 1.55. The molecule has 0 aliphatic carbocycles. The molecule has 1 N–H and O–H groups in total. The molecule has 7 heteroatoms. The number of benzene rings is 1. The van der Waals surface area contributed by atoms with Crippen LogP contribution in [0.1, 0.15) is 15.2 Å². The van der Waals surface area contributed by atoms with Crippen molar-refractivity contribution in [1.82, 2.24) is 0 Å². The van der Waals surface area contributed by atoms with Crippen molar-refractivity contribution in [3.63, 3.8) is 0 Å². The molecule has 0 bridgehead atoms. The van der Waals surface area contributed by atoms with Gasteiger partial charge in [0.2, 0.25) is 0 Å². The van der Waals surface area contributed by atoms with Crippen molar-refractivity contribution in [3.05, 3.63) is 52.2 Å². The van der Waals surface area contributed by atoms with Crippen LogP contribution in [0.25, 0.3) is 0 Å². The standard InChI is InChI=1S/C14H14O5S2/c15-14(16)11-3-5-13(6-4-11)21(17,18)9-7-19-10-12-2-1-8-20-12/h1-6,8H,7,9-10H2,(H,15,16). The Morgan fingerprint density at radius 3 is 2.48 bits per heavy atom. The molecule has 1 heterocycles. The predicted octanol–water partition coefficient (Wildman–Crippen LogP) is 2.44. The molecule has 2 aromatic rings. The zero-order valence-electron chi connectivity index (χ0n) is 11.1. The van der Waals surface area contributed by atoms with Gasteiger partial charge in [-0.2, -0.15) is 0 Å². The van der Waals surface area contributed by atoms with Gasteiger partial charge in [0, 0.05) is 4.88 Å². The van der Waals surface area contributed by atoms with Crippen molar-refractivity contribution in [2.45, 2.75) is 11.5 Å². The Kier molecular flexibility index (Phi) is 5.11. The maximum absolute atomic E-state index is 12.0. The first-order valence-electron chi connectivity index (χ1n) is 6.15. The number of sulfone groups is 1. The number of carboxylic acids is 1. The summed E-state index contributed by atoms with van der Waals surface area (Å²) in [6.45, 7) is 0.492. The topological polar surface area (TPSA) is 80.7 Å². The molecule has 0 saturated heterocycles. The van der Waals surface area contributed by atoms with E-state index in [-0.39, 0.29) is 22.8 Å². The van der Waals surface area contributed by atoms with Crippen molar-refractivity contribution in [2.75, 3.05) is 12.4 Å². The molecule has 5 nitrogen and oxygen atoms in total. The predicted molar refractivity (Wildman–Crippen MR) is 79.4 cm³/mol. The first kappa shape index (κ1) is 15.7. The van der Waals surface area contributed by atoms with Crippen molar-refractivity contribution < 1.29 is 23.1 Å². The smallest absolute Gasteiger partial charge is 0.335 e. The second kappa shape index (κ2) is 6.84. The first-order valence-corrected chi connectivity index (χ1v) is 8.68. The molecule has 1 aromatic heterocycles. The maximum Gasteiger partial charge on any atom is 0.335 e. The minimum Gasteiger partial charge on any atom is -0.478 e. The van der Waals surface area contributed by atoms with Crippen molar-refractivity contribution in [2.24, 2.45) is 0 Å². The summed E-state index contributed by atoms with van der Waals surface area (Å²) in [5.41, 5.74) is 0.0582. The van der Waals surface area contributed by atoms with E-state index in [1.807, 2.05) is 17.5 Å². The normalized spacial score (nSPS) is 11.4. The molecular formula is C14H14O5S2. The molecular weight excluding hydrogens is 312 g/mol. The Labute approximate surface area is 126 Å². The number of hydrogen-bond donors (Lipinski definition) is 1. The minimum atomic E-state index is -3.46. The minimum absolute atomic E-state index is 0.0582. The highest BCUT2D eigenvalue weighted by atomic mass is 32.2. The van der Waals surface area contributed by atoms with Gasteiger partial charge in [0.15, 0.2) is 9.84 Å². The first-order chi connectivity index (χ1) is 9.99. The number of hydrogen-bond acceptors (Lipinski definition) is 5. The van der Waals surface area contributed by atoms with E-state index in [1.54, 1.807) is 11.3 Å². The zero-order chi connectivity index (χ0) is 15.3. The molecule has 0 saturated carbocycles. The summed E-state index contributed by atoms with van der Waals surface area (Å²) in [5.74, 6) is -1.22. The Morgan fingerprint density at radius 1 is 1.19 bits per heavy atom. The molecule has 2 rings (SSSR count). The van der Waals surface area contributed by atoms with Crippen LogP contribution in [-0.2, 0) is 21.2 Å². The van der Waals surface area contributed by atoms with Gasteiger partial charge >= 0.3 is 5.97 Å². The average Bonchev–Trinajstić information content (AvgIpc) is 2.97. The third kappa shape index (κ3) is 4.38. The van der Waals surface area contributed by atoms with Crippen LogP contribution >= 0.6 is 11.3 Å². The average molecular weight is 326 g/mol. The van der Waals surface area contributed by atoms with Crippen LogP contribution in [0, 0.1) is 0 Å². The van der Waals surface area contributed by atoms with Crippen LogP contribution in [0.15, 0.2) is 46.7 Å². The van der Waals surface area contributed by atoms with Crippen LogP contribution in [0.4, 0.5) is 0 Å². The molecule has 0 unspecified atom stereocenters. The van der Waals surface area contributed by atoms with Crippen LogP contribution in [0.5, 0.6) is 0 Å². The molecule has 0 aliphatic rings. The highest BCUT2D eigenvalue weighted by molar-refractivity contribution is 7.91. The highest BCUT2D eigenvalue weighted by Gasteiger charge is 2.15. The fourth-order valence-corrected chi connectivity index (χ4v) is 3.42. The second-order valence-corrected chi connectivity index (χ2v) is 7.42. The van der Waals surface area contributed by atoms with E-state index < -0.39 is 15.8 Å². The summed E-state index contributed by atoms with van der Waals surface area (Å²) in [7, 11) is -3.46. The van der Waals surface area contributed by atoms with Gasteiger partial charge in [0.1, 0.15) is 0 Å². The van der Waals surface area contributed by atoms with Gasteiger partial charge < -0.3 is 9.84 Å². The molecule has 0 aliphatic heterocycles. The zero-order valence-corrected chi connectivity index (χ0v) is 12.7. The Balaban J connectivity index is 1.90. The number of aromatic carboxylic acids is 1. The monoisotopic (exact) mass is 326 g/mol. The summed E-state index contributed by atoms with van der Waals surface area (Å²) < 4.78 is 29.4. The molecule has 1 aromatic carbocycles. The van der Waals surface area contributed by atoms with Gasteiger partial charge in [-0.25, -0.2) is 13.2 Å². The Morgan fingerprint density at radius 2 is 1.90 bits per heavy atom. The maximum atomic E-state index is 12.0. The molecule has 21 heavy (non-hydrogen) atoms. The summed E-state index contributed by atoms with van der Waals surface area (Å²) in [6, 6.07) is 8.99. The summed E-state index contributed by atoms with van der Waals surface area (Å²) in [5, 5.41) is 10.7. The van der Waals surface area contributed by atoms with Crippen LogP contribution in [0.2, 0.25) is 0 Å². The second-order valence-electron chi connectivity index (χ2n) is 4.28. The molecule has 0 radical (unpaired) electrons. The van der Waals surface area contributed by atoms with Crippen molar-refractivity contribution in [3.8, 4) is 0 Å². The van der Waals surface area contributed by atoms with E-state index in [2.05, 4.69) is 0 Å². The number of carbonyl (C=O) groups is 1. The molecule has 0 amide bonds. The van der Waals surface area contributed by atoms with Gasteiger partial charge in [0.25, 0.3) is 0 Å². The summed E-state index contributed by atoms with van der Waals surface area (Å²) in [4.78, 5) is 11.9. The van der Waals surface area contributed by atoms with Crippen LogP contribution in [0.3, 0.4) is 0 Å². The molecule has 0 spiro atoms. The van der Waals surface area contributed by atoms with Crippen LogP contribution in [-0.4, -0.2) is 31.9 Å². The van der Waals surface area contributed by atoms with Gasteiger partial charge in [0.05, 0.1) is 29.4 Å². The molecule has 112 valence electrons. The van der Waals surface area contributed by atoms with Crippen molar-refractivity contribution >= 4 is 27.1 Å². The Hall–Kier alpha value is -1.70.